The van der Waals surface area contributed by atoms with E-state index in [4.69, 9.17) is 4.42 Å². The Hall–Kier alpha value is -0.800. The van der Waals surface area contributed by atoms with Crippen molar-refractivity contribution in [2.24, 2.45) is 5.92 Å². The molecule has 3 nitrogen and oxygen atoms in total. The van der Waals surface area contributed by atoms with Gasteiger partial charge in [0.25, 0.3) is 0 Å². The van der Waals surface area contributed by atoms with E-state index in [1.54, 1.807) is 0 Å². The molecule has 0 atom stereocenters. The molecule has 1 aliphatic rings. The van der Waals surface area contributed by atoms with Crippen LogP contribution in [0.4, 0.5) is 0 Å². The number of nitrogens with zero attached hydrogens (tertiary/aromatic N) is 1. The zero-order chi connectivity index (χ0) is 13.7. The largest absolute Gasteiger partial charge is 0.468 e. The highest BCUT2D eigenvalue weighted by atomic mass is 16.3. The Kier molecular flexibility index (Phi) is 5.46. The Morgan fingerprint density at radius 3 is 2.79 bits per heavy atom. The zero-order valence-electron chi connectivity index (χ0n) is 12.6. The average Bonchev–Trinajstić information content (AvgIpc) is 3.00. The first-order valence-corrected chi connectivity index (χ1v) is 7.63. The van der Waals surface area contributed by atoms with Gasteiger partial charge in [-0.2, -0.15) is 0 Å². The summed E-state index contributed by atoms with van der Waals surface area (Å²) in [6.07, 6.45) is 7.28. The third-order valence-corrected chi connectivity index (χ3v) is 4.05. The summed E-state index contributed by atoms with van der Waals surface area (Å²) in [5.74, 6) is 1.82. The Morgan fingerprint density at radius 1 is 1.37 bits per heavy atom. The lowest BCUT2D eigenvalue weighted by atomic mass is 10.2. The van der Waals surface area contributed by atoms with Gasteiger partial charge in [-0.05, 0) is 38.4 Å². The van der Waals surface area contributed by atoms with Gasteiger partial charge in [0, 0.05) is 18.2 Å². The normalized spacial score (nSPS) is 16.9. The van der Waals surface area contributed by atoms with Crippen molar-refractivity contribution >= 4 is 0 Å². The SMILES string of the molecule is CC(C)CNCc1ccoc1CN(C)C1CCCC1. The highest BCUT2D eigenvalue weighted by Crippen LogP contribution is 2.24. The second-order valence-corrected chi connectivity index (χ2v) is 6.25. The van der Waals surface area contributed by atoms with E-state index in [9.17, 15) is 0 Å². The van der Waals surface area contributed by atoms with Crippen LogP contribution in [0.3, 0.4) is 0 Å². The summed E-state index contributed by atoms with van der Waals surface area (Å²) in [7, 11) is 2.23. The summed E-state index contributed by atoms with van der Waals surface area (Å²) < 4.78 is 5.67. The van der Waals surface area contributed by atoms with Crippen LogP contribution in [0, 0.1) is 5.92 Å². The summed E-state index contributed by atoms with van der Waals surface area (Å²) in [5.41, 5.74) is 1.31. The smallest absolute Gasteiger partial charge is 0.122 e. The third kappa shape index (κ3) is 4.36. The highest BCUT2D eigenvalue weighted by molar-refractivity contribution is 5.16. The monoisotopic (exact) mass is 264 g/mol. The molecule has 2 rings (SSSR count). The van der Waals surface area contributed by atoms with Gasteiger partial charge in [-0.3, -0.25) is 4.90 Å². The molecule has 0 unspecified atom stereocenters. The number of hydrogen-bond acceptors (Lipinski definition) is 3. The fourth-order valence-electron chi connectivity index (χ4n) is 2.86. The van der Waals surface area contributed by atoms with Crippen LogP contribution < -0.4 is 5.32 Å². The van der Waals surface area contributed by atoms with Gasteiger partial charge in [-0.1, -0.05) is 26.7 Å². The minimum absolute atomic E-state index is 0.691. The van der Waals surface area contributed by atoms with E-state index in [-0.39, 0.29) is 0 Å². The molecule has 1 saturated carbocycles. The molecular formula is C16H28N2O. The molecule has 3 heteroatoms. The summed E-state index contributed by atoms with van der Waals surface area (Å²) in [5, 5.41) is 3.49. The second kappa shape index (κ2) is 7.11. The predicted octanol–water partition coefficient (Wildman–Crippen LogP) is 3.40. The maximum absolute atomic E-state index is 5.67. The molecule has 108 valence electrons. The van der Waals surface area contributed by atoms with Crippen molar-refractivity contribution in [3.63, 3.8) is 0 Å². The minimum Gasteiger partial charge on any atom is -0.468 e. The molecule has 0 aromatic carbocycles. The minimum atomic E-state index is 0.691. The van der Waals surface area contributed by atoms with Crippen LogP contribution in [0.1, 0.15) is 50.9 Å². The lowest BCUT2D eigenvalue weighted by Gasteiger charge is -2.23. The quantitative estimate of drug-likeness (QED) is 0.818. The maximum Gasteiger partial charge on any atom is 0.122 e. The van der Waals surface area contributed by atoms with E-state index in [1.165, 1.54) is 31.2 Å². The summed E-state index contributed by atoms with van der Waals surface area (Å²) >= 11 is 0. The first-order valence-electron chi connectivity index (χ1n) is 7.63. The van der Waals surface area contributed by atoms with Gasteiger partial charge < -0.3 is 9.73 Å². The molecule has 1 fully saturated rings. The van der Waals surface area contributed by atoms with Gasteiger partial charge in [-0.25, -0.2) is 0 Å². The molecule has 1 heterocycles. The van der Waals surface area contributed by atoms with Crippen molar-refractivity contribution in [1.29, 1.82) is 0 Å². The van der Waals surface area contributed by atoms with E-state index >= 15 is 0 Å². The van der Waals surface area contributed by atoms with E-state index in [1.807, 2.05) is 6.26 Å². The molecule has 19 heavy (non-hydrogen) atoms. The molecule has 1 N–H and O–H groups in total. The molecular weight excluding hydrogens is 236 g/mol. The van der Waals surface area contributed by atoms with E-state index in [0.717, 1.165) is 31.4 Å². The molecule has 1 aromatic heterocycles. The predicted molar refractivity (Wildman–Crippen MR) is 79.0 cm³/mol. The van der Waals surface area contributed by atoms with Crippen LogP contribution in [0.15, 0.2) is 16.7 Å². The zero-order valence-corrected chi connectivity index (χ0v) is 12.6. The molecule has 0 aliphatic heterocycles. The summed E-state index contributed by atoms with van der Waals surface area (Å²) in [4.78, 5) is 2.46. The van der Waals surface area contributed by atoms with Gasteiger partial charge in [0.15, 0.2) is 0 Å². The Balaban J connectivity index is 1.84. The lowest BCUT2D eigenvalue weighted by Crippen LogP contribution is -2.29. The maximum atomic E-state index is 5.67. The lowest BCUT2D eigenvalue weighted by molar-refractivity contribution is 0.218. The van der Waals surface area contributed by atoms with Crippen molar-refractivity contribution in [2.75, 3.05) is 13.6 Å². The average molecular weight is 264 g/mol. The molecule has 0 saturated heterocycles. The number of hydrogen-bond donors (Lipinski definition) is 1. The van der Waals surface area contributed by atoms with Crippen molar-refractivity contribution in [3.8, 4) is 0 Å². The van der Waals surface area contributed by atoms with Gasteiger partial charge in [0.05, 0.1) is 12.8 Å². The Bertz CT molecular complexity index is 367. The molecule has 0 radical (unpaired) electrons. The van der Waals surface area contributed by atoms with Crippen molar-refractivity contribution in [3.05, 3.63) is 23.7 Å². The molecule has 1 aliphatic carbocycles. The van der Waals surface area contributed by atoms with E-state index < -0.39 is 0 Å². The number of furan rings is 1. The van der Waals surface area contributed by atoms with E-state index in [0.29, 0.717) is 5.92 Å². The van der Waals surface area contributed by atoms with Crippen LogP contribution in [-0.4, -0.2) is 24.5 Å². The number of nitrogens with one attached hydrogen (secondary N) is 1. The van der Waals surface area contributed by atoms with Crippen molar-refractivity contribution < 1.29 is 4.42 Å². The van der Waals surface area contributed by atoms with Crippen LogP contribution in [0.5, 0.6) is 0 Å². The second-order valence-electron chi connectivity index (χ2n) is 6.25. The van der Waals surface area contributed by atoms with Crippen LogP contribution in [0.2, 0.25) is 0 Å². The topological polar surface area (TPSA) is 28.4 Å². The van der Waals surface area contributed by atoms with Crippen molar-refractivity contribution in [2.45, 2.75) is 58.7 Å². The fraction of sp³-hybridized carbons (Fsp3) is 0.750. The molecule has 0 spiro atoms. The molecule has 0 amide bonds. The van der Waals surface area contributed by atoms with Gasteiger partial charge in [0.2, 0.25) is 0 Å². The Labute approximate surface area is 117 Å². The molecule has 0 bridgehead atoms. The fourth-order valence-corrected chi connectivity index (χ4v) is 2.86. The summed E-state index contributed by atoms with van der Waals surface area (Å²) in [6, 6.07) is 2.85. The van der Waals surface area contributed by atoms with Gasteiger partial charge in [0.1, 0.15) is 5.76 Å². The van der Waals surface area contributed by atoms with Gasteiger partial charge in [-0.15, -0.1) is 0 Å². The van der Waals surface area contributed by atoms with Crippen LogP contribution >= 0.6 is 0 Å². The Morgan fingerprint density at radius 2 is 2.11 bits per heavy atom. The van der Waals surface area contributed by atoms with Gasteiger partial charge >= 0.3 is 0 Å². The molecule has 1 aromatic rings. The third-order valence-electron chi connectivity index (χ3n) is 4.05. The first-order chi connectivity index (χ1) is 9.16. The van der Waals surface area contributed by atoms with E-state index in [2.05, 4.69) is 37.2 Å². The van der Waals surface area contributed by atoms with Crippen molar-refractivity contribution in [1.82, 2.24) is 10.2 Å². The number of rotatable bonds is 7. The highest BCUT2D eigenvalue weighted by Gasteiger charge is 2.21. The standard InChI is InChI=1S/C16H28N2O/c1-13(2)10-17-11-14-8-9-19-16(14)12-18(3)15-6-4-5-7-15/h8-9,13,15,17H,4-7,10-12H2,1-3H3. The first kappa shape index (κ1) is 14.6. The summed E-state index contributed by atoms with van der Waals surface area (Å²) in [6.45, 7) is 7.39. The van der Waals surface area contributed by atoms with Crippen LogP contribution in [0.25, 0.3) is 0 Å². The van der Waals surface area contributed by atoms with Crippen LogP contribution in [-0.2, 0) is 13.1 Å².